The zero-order chi connectivity index (χ0) is 19.1. The summed E-state index contributed by atoms with van der Waals surface area (Å²) in [5.41, 5.74) is 10.0. The molecule has 3 aromatic heterocycles. The molecule has 0 saturated carbocycles. The van der Waals surface area contributed by atoms with Gasteiger partial charge in [0.25, 0.3) is 0 Å². The van der Waals surface area contributed by atoms with E-state index in [1.54, 1.807) is 0 Å². The number of benzene rings is 1. The molecule has 0 aliphatic rings. The van der Waals surface area contributed by atoms with Gasteiger partial charge in [-0.1, -0.05) is 23.7 Å². The lowest BCUT2D eigenvalue weighted by atomic mass is 10.1. The molecule has 6 nitrogen and oxygen atoms in total. The number of fused-ring (bicyclic) bond motifs is 1. The van der Waals surface area contributed by atoms with E-state index in [1.165, 1.54) is 6.33 Å². The van der Waals surface area contributed by atoms with Crippen LogP contribution in [0.2, 0.25) is 5.02 Å². The van der Waals surface area contributed by atoms with Crippen molar-refractivity contribution in [2.24, 2.45) is 0 Å². The molecule has 1 aromatic carbocycles. The van der Waals surface area contributed by atoms with Crippen LogP contribution in [0.1, 0.15) is 25.5 Å². The number of hydrogen-bond donors (Lipinski definition) is 1. The van der Waals surface area contributed by atoms with Crippen LogP contribution in [-0.2, 0) is 6.54 Å². The van der Waals surface area contributed by atoms with Crippen molar-refractivity contribution in [3.8, 4) is 11.1 Å². The third-order valence-electron chi connectivity index (χ3n) is 4.46. The van der Waals surface area contributed by atoms with Gasteiger partial charge in [0.1, 0.15) is 17.8 Å². The molecule has 0 saturated heterocycles. The van der Waals surface area contributed by atoms with Gasteiger partial charge in [-0.05, 0) is 47.5 Å². The summed E-state index contributed by atoms with van der Waals surface area (Å²) in [5, 5.41) is 5.94. The number of aromatic nitrogens is 5. The molecule has 138 valence electrons. The number of nitrogen functional groups attached to an aromatic ring is 1. The summed E-state index contributed by atoms with van der Waals surface area (Å²) in [6.07, 6.45) is 5.42. The van der Waals surface area contributed by atoms with Gasteiger partial charge in [0, 0.05) is 28.4 Å². The molecule has 0 amide bonds. The minimum Gasteiger partial charge on any atom is -0.383 e. The molecule has 4 aromatic rings. The molecule has 0 fully saturated rings. The van der Waals surface area contributed by atoms with E-state index in [1.807, 2.05) is 35.1 Å². The van der Waals surface area contributed by atoms with Crippen LogP contribution in [0, 0.1) is 0 Å². The first-order valence-electron chi connectivity index (χ1n) is 8.53. The van der Waals surface area contributed by atoms with E-state index in [2.05, 4.69) is 55.6 Å². The average molecular weight is 446 g/mol. The second-order valence-corrected chi connectivity index (χ2v) is 7.83. The van der Waals surface area contributed by atoms with Crippen molar-refractivity contribution in [1.29, 1.82) is 0 Å². The first-order valence-corrected chi connectivity index (χ1v) is 9.70. The van der Waals surface area contributed by atoms with Crippen molar-refractivity contribution in [1.82, 2.24) is 24.3 Å². The highest BCUT2D eigenvalue weighted by molar-refractivity contribution is 9.10. The molecule has 0 spiro atoms. The van der Waals surface area contributed by atoms with E-state index in [4.69, 9.17) is 17.3 Å². The molecule has 0 radical (unpaired) electrons. The number of rotatable bonds is 4. The Balaban J connectivity index is 1.89. The summed E-state index contributed by atoms with van der Waals surface area (Å²) >= 11 is 9.81. The predicted octanol–water partition coefficient (Wildman–Crippen LogP) is 4.92. The second kappa shape index (κ2) is 6.98. The monoisotopic (exact) mass is 444 g/mol. The minimum absolute atomic E-state index is 0.311. The Morgan fingerprint density at radius 1 is 1.19 bits per heavy atom. The Morgan fingerprint density at radius 2 is 1.93 bits per heavy atom. The minimum atomic E-state index is 0.311. The van der Waals surface area contributed by atoms with Crippen LogP contribution < -0.4 is 5.73 Å². The predicted molar refractivity (Wildman–Crippen MR) is 112 cm³/mol. The van der Waals surface area contributed by atoms with E-state index in [0.29, 0.717) is 23.4 Å². The quantitative estimate of drug-likeness (QED) is 0.484. The van der Waals surface area contributed by atoms with Crippen molar-refractivity contribution < 1.29 is 0 Å². The highest BCUT2D eigenvalue weighted by atomic mass is 79.9. The van der Waals surface area contributed by atoms with Gasteiger partial charge in [-0.25, -0.2) is 9.97 Å². The zero-order valence-corrected chi connectivity index (χ0v) is 17.2. The summed E-state index contributed by atoms with van der Waals surface area (Å²) in [6.45, 7) is 4.82. The van der Waals surface area contributed by atoms with Gasteiger partial charge in [-0.3, -0.25) is 4.68 Å². The Bertz CT molecular complexity index is 1110. The van der Waals surface area contributed by atoms with Crippen LogP contribution in [0.25, 0.3) is 22.2 Å². The van der Waals surface area contributed by atoms with Gasteiger partial charge in [0.15, 0.2) is 0 Å². The molecule has 0 aliphatic heterocycles. The Labute approximate surface area is 170 Å². The number of anilines is 1. The smallest absolute Gasteiger partial charge is 0.147 e. The van der Waals surface area contributed by atoms with Crippen LogP contribution in [0.5, 0.6) is 0 Å². The number of nitrogens with two attached hydrogens (primary N) is 1. The Morgan fingerprint density at radius 3 is 2.59 bits per heavy atom. The van der Waals surface area contributed by atoms with Gasteiger partial charge >= 0.3 is 0 Å². The lowest BCUT2D eigenvalue weighted by Gasteiger charge is -2.06. The van der Waals surface area contributed by atoms with Gasteiger partial charge in [-0.2, -0.15) is 5.10 Å². The molecule has 0 bridgehead atoms. The third-order valence-corrected chi connectivity index (χ3v) is 5.54. The fourth-order valence-electron chi connectivity index (χ4n) is 3.11. The number of halogens is 2. The third kappa shape index (κ3) is 3.21. The SMILES string of the molecule is CC(C)n1cc(Cn2c(Br)c(-c3ccc(Cl)cc3)c3c(N)ncnc32)cn1. The fraction of sp³-hybridized carbons (Fsp3) is 0.211. The molecule has 8 heteroatoms. The first-order chi connectivity index (χ1) is 13.0. The maximum Gasteiger partial charge on any atom is 0.147 e. The van der Waals surface area contributed by atoms with Gasteiger partial charge in [-0.15, -0.1) is 0 Å². The van der Waals surface area contributed by atoms with Crippen LogP contribution in [0.15, 0.2) is 47.6 Å². The van der Waals surface area contributed by atoms with Crippen LogP contribution in [0.3, 0.4) is 0 Å². The van der Waals surface area contributed by atoms with Gasteiger partial charge in [0.2, 0.25) is 0 Å². The van der Waals surface area contributed by atoms with Crippen molar-refractivity contribution in [2.45, 2.75) is 26.4 Å². The summed E-state index contributed by atoms with van der Waals surface area (Å²) in [4.78, 5) is 8.68. The lowest BCUT2D eigenvalue weighted by Crippen LogP contribution is -2.02. The van der Waals surface area contributed by atoms with Crippen molar-refractivity contribution in [2.75, 3.05) is 5.73 Å². The largest absolute Gasteiger partial charge is 0.383 e. The zero-order valence-electron chi connectivity index (χ0n) is 14.9. The van der Waals surface area contributed by atoms with Crippen LogP contribution in [-0.4, -0.2) is 24.3 Å². The van der Waals surface area contributed by atoms with E-state index in [-0.39, 0.29) is 0 Å². The van der Waals surface area contributed by atoms with E-state index < -0.39 is 0 Å². The molecule has 2 N–H and O–H groups in total. The molecule has 0 aliphatic carbocycles. The molecule has 0 unspecified atom stereocenters. The van der Waals surface area contributed by atoms with Crippen LogP contribution in [0.4, 0.5) is 5.82 Å². The second-order valence-electron chi connectivity index (χ2n) is 6.64. The standard InChI is InChI=1S/C19H18BrClN6/c1-11(2)27-9-12(7-25-27)8-26-17(20)15(13-3-5-14(21)6-4-13)16-18(22)23-10-24-19(16)26/h3-7,9-11H,8H2,1-2H3,(H2,22,23,24). The van der Waals surface area contributed by atoms with Crippen molar-refractivity contribution in [3.05, 3.63) is 58.2 Å². The normalized spacial score (nSPS) is 11.6. The first kappa shape index (κ1) is 18.0. The molecule has 27 heavy (non-hydrogen) atoms. The Kier molecular flexibility index (Phi) is 4.65. The highest BCUT2D eigenvalue weighted by Gasteiger charge is 2.21. The lowest BCUT2D eigenvalue weighted by molar-refractivity contribution is 0.532. The van der Waals surface area contributed by atoms with E-state index in [9.17, 15) is 0 Å². The molecule has 3 heterocycles. The number of hydrogen-bond acceptors (Lipinski definition) is 4. The van der Waals surface area contributed by atoms with Gasteiger partial charge in [0.05, 0.1) is 22.7 Å². The molecule has 4 rings (SSSR count). The number of nitrogens with zero attached hydrogens (tertiary/aromatic N) is 5. The molecular weight excluding hydrogens is 428 g/mol. The maximum absolute atomic E-state index is 6.22. The summed E-state index contributed by atoms with van der Waals surface area (Å²) in [7, 11) is 0. The summed E-state index contributed by atoms with van der Waals surface area (Å²) in [6, 6.07) is 7.97. The molecule has 0 atom stereocenters. The fourth-order valence-corrected chi connectivity index (χ4v) is 3.96. The van der Waals surface area contributed by atoms with E-state index >= 15 is 0 Å². The van der Waals surface area contributed by atoms with Crippen molar-refractivity contribution >= 4 is 44.4 Å². The van der Waals surface area contributed by atoms with Crippen molar-refractivity contribution in [3.63, 3.8) is 0 Å². The maximum atomic E-state index is 6.22. The van der Waals surface area contributed by atoms with E-state index in [0.717, 1.165) is 32.3 Å². The Hall–Kier alpha value is -2.38. The average Bonchev–Trinajstić information content (AvgIpc) is 3.21. The highest BCUT2D eigenvalue weighted by Crippen LogP contribution is 2.40. The topological polar surface area (TPSA) is 74.5 Å². The summed E-state index contributed by atoms with van der Waals surface area (Å²) < 4.78 is 4.92. The van der Waals surface area contributed by atoms with Gasteiger partial charge < -0.3 is 10.3 Å². The molecular formula is C19H18BrClN6. The summed E-state index contributed by atoms with van der Waals surface area (Å²) in [5.74, 6) is 0.447. The van der Waals surface area contributed by atoms with Crippen LogP contribution >= 0.6 is 27.5 Å².